The fraction of sp³-hybridized carbons (Fsp3) is 0.333. The Morgan fingerprint density at radius 1 is 1.05 bits per heavy atom. The molecule has 0 saturated carbocycles. The van der Waals surface area contributed by atoms with E-state index in [0.29, 0.717) is 31.6 Å². The average molecular weight is 511 g/mol. The van der Waals surface area contributed by atoms with Crippen molar-refractivity contribution in [2.75, 3.05) is 42.6 Å². The minimum Gasteiger partial charge on any atom is -0.488 e. The monoisotopic (exact) mass is 510 g/mol. The van der Waals surface area contributed by atoms with Crippen molar-refractivity contribution in [3.8, 4) is 5.75 Å². The van der Waals surface area contributed by atoms with Gasteiger partial charge in [-0.15, -0.1) is 0 Å². The Morgan fingerprint density at radius 2 is 1.76 bits per heavy atom. The van der Waals surface area contributed by atoms with Crippen LogP contribution in [0.4, 0.5) is 20.6 Å². The summed E-state index contributed by atoms with van der Waals surface area (Å²) >= 11 is 0. The van der Waals surface area contributed by atoms with E-state index in [1.165, 1.54) is 23.1 Å². The summed E-state index contributed by atoms with van der Waals surface area (Å²) in [6.45, 7) is 0.888. The fourth-order valence-electron chi connectivity index (χ4n) is 4.70. The number of halogens is 1. The number of carboxylic acid groups (broad SMARTS) is 1. The minimum absolute atomic E-state index is 0.0267. The molecular formula is C27H27FN2O7. The highest BCUT2D eigenvalue weighted by Gasteiger charge is 2.35. The SMILES string of the molecule is O=C(O)c1ccc2cc(N3CCC(O)(COc4ccc(N5C[C@H](CO)OC5=O)cc4F)CC3)ccc2c1. The molecule has 194 valence electrons. The summed E-state index contributed by atoms with van der Waals surface area (Å²) < 4.78 is 25.3. The summed E-state index contributed by atoms with van der Waals surface area (Å²) in [4.78, 5) is 26.5. The number of ether oxygens (including phenoxy) is 2. The molecule has 0 bridgehead atoms. The van der Waals surface area contributed by atoms with E-state index in [0.717, 1.165) is 16.5 Å². The van der Waals surface area contributed by atoms with Gasteiger partial charge < -0.3 is 29.7 Å². The van der Waals surface area contributed by atoms with Gasteiger partial charge in [-0.25, -0.2) is 14.0 Å². The maximum atomic E-state index is 14.7. The molecule has 0 aliphatic carbocycles. The number of rotatable bonds is 7. The highest BCUT2D eigenvalue weighted by Crippen LogP contribution is 2.31. The van der Waals surface area contributed by atoms with Gasteiger partial charge >= 0.3 is 12.1 Å². The van der Waals surface area contributed by atoms with Crippen molar-refractivity contribution < 1.29 is 38.8 Å². The molecule has 2 saturated heterocycles. The van der Waals surface area contributed by atoms with Crippen LogP contribution in [0.25, 0.3) is 10.8 Å². The van der Waals surface area contributed by atoms with Crippen LogP contribution in [0.1, 0.15) is 23.2 Å². The van der Waals surface area contributed by atoms with Crippen molar-refractivity contribution in [2.45, 2.75) is 24.5 Å². The molecule has 0 aromatic heterocycles. The fourth-order valence-corrected chi connectivity index (χ4v) is 4.70. The number of cyclic esters (lactones) is 1. The molecular weight excluding hydrogens is 483 g/mol. The highest BCUT2D eigenvalue weighted by molar-refractivity contribution is 5.95. The predicted octanol–water partition coefficient (Wildman–Crippen LogP) is 3.40. The van der Waals surface area contributed by atoms with Crippen LogP contribution in [0, 0.1) is 5.82 Å². The molecule has 2 heterocycles. The van der Waals surface area contributed by atoms with Gasteiger partial charge in [0.05, 0.1) is 24.4 Å². The molecule has 3 aromatic rings. The molecule has 0 unspecified atom stereocenters. The lowest BCUT2D eigenvalue weighted by Crippen LogP contribution is -2.48. The molecule has 2 fully saturated rings. The third kappa shape index (κ3) is 5.16. The Kier molecular flexibility index (Phi) is 6.61. The first kappa shape index (κ1) is 24.8. The average Bonchev–Trinajstić information content (AvgIpc) is 3.28. The van der Waals surface area contributed by atoms with Gasteiger partial charge in [0.25, 0.3) is 0 Å². The second-order valence-corrected chi connectivity index (χ2v) is 9.47. The van der Waals surface area contributed by atoms with E-state index in [1.807, 2.05) is 18.2 Å². The van der Waals surface area contributed by atoms with E-state index >= 15 is 0 Å². The number of fused-ring (bicyclic) bond motifs is 1. The van der Waals surface area contributed by atoms with Gasteiger partial charge in [0.1, 0.15) is 18.3 Å². The lowest BCUT2D eigenvalue weighted by Gasteiger charge is -2.39. The molecule has 2 aliphatic heterocycles. The van der Waals surface area contributed by atoms with Crippen LogP contribution < -0.4 is 14.5 Å². The second-order valence-electron chi connectivity index (χ2n) is 9.47. The van der Waals surface area contributed by atoms with Crippen LogP contribution in [-0.4, -0.2) is 71.9 Å². The molecule has 10 heteroatoms. The molecule has 1 amide bonds. The number of carbonyl (C=O) groups excluding carboxylic acids is 1. The van der Waals surface area contributed by atoms with Crippen molar-refractivity contribution in [3.63, 3.8) is 0 Å². The van der Waals surface area contributed by atoms with E-state index in [1.54, 1.807) is 18.2 Å². The number of nitrogens with zero attached hydrogens (tertiary/aromatic N) is 2. The molecule has 3 N–H and O–H groups in total. The van der Waals surface area contributed by atoms with E-state index in [2.05, 4.69) is 4.90 Å². The van der Waals surface area contributed by atoms with Crippen molar-refractivity contribution in [1.82, 2.24) is 0 Å². The summed E-state index contributed by atoms with van der Waals surface area (Å²) in [6, 6.07) is 14.9. The number of benzene rings is 3. The third-order valence-electron chi connectivity index (χ3n) is 6.93. The lowest BCUT2D eigenvalue weighted by atomic mass is 9.92. The quantitative estimate of drug-likeness (QED) is 0.443. The van der Waals surface area contributed by atoms with Crippen LogP contribution in [0.15, 0.2) is 54.6 Å². The molecule has 9 nitrogen and oxygen atoms in total. The van der Waals surface area contributed by atoms with Gasteiger partial charge in [-0.05, 0) is 60.0 Å². The Balaban J connectivity index is 1.19. The van der Waals surface area contributed by atoms with E-state index in [-0.39, 0.29) is 31.1 Å². The highest BCUT2D eigenvalue weighted by atomic mass is 19.1. The van der Waals surface area contributed by atoms with Crippen LogP contribution in [0.3, 0.4) is 0 Å². The third-order valence-corrected chi connectivity index (χ3v) is 6.93. The zero-order valence-corrected chi connectivity index (χ0v) is 20.0. The topological polar surface area (TPSA) is 120 Å². The number of anilines is 2. The van der Waals surface area contributed by atoms with Gasteiger partial charge in [0.15, 0.2) is 11.6 Å². The number of piperidine rings is 1. The van der Waals surface area contributed by atoms with E-state index in [4.69, 9.17) is 9.47 Å². The van der Waals surface area contributed by atoms with Crippen molar-refractivity contribution >= 4 is 34.2 Å². The zero-order valence-electron chi connectivity index (χ0n) is 20.0. The number of hydrogen-bond donors (Lipinski definition) is 3. The largest absolute Gasteiger partial charge is 0.488 e. The van der Waals surface area contributed by atoms with Gasteiger partial charge in [0.2, 0.25) is 0 Å². The van der Waals surface area contributed by atoms with Gasteiger partial charge in [-0.3, -0.25) is 4.90 Å². The van der Waals surface area contributed by atoms with Gasteiger partial charge in [0, 0.05) is 24.8 Å². The normalized spacial score (nSPS) is 19.2. The van der Waals surface area contributed by atoms with Gasteiger partial charge in [-0.2, -0.15) is 0 Å². The van der Waals surface area contributed by atoms with Crippen molar-refractivity contribution in [1.29, 1.82) is 0 Å². The van der Waals surface area contributed by atoms with Crippen molar-refractivity contribution in [2.24, 2.45) is 0 Å². The van der Waals surface area contributed by atoms with Crippen molar-refractivity contribution in [3.05, 3.63) is 66.0 Å². The van der Waals surface area contributed by atoms with E-state index < -0.39 is 29.6 Å². The number of carbonyl (C=O) groups is 2. The lowest BCUT2D eigenvalue weighted by molar-refractivity contribution is -0.0249. The first-order valence-corrected chi connectivity index (χ1v) is 12.0. The number of carboxylic acids is 1. The van der Waals surface area contributed by atoms with Crippen LogP contribution in [0.5, 0.6) is 5.75 Å². The number of aliphatic hydroxyl groups is 2. The maximum absolute atomic E-state index is 14.7. The molecule has 0 spiro atoms. The second kappa shape index (κ2) is 9.87. The predicted molar refractivity (Wildman–Crippen MR) is 134 cm³/mol. The minimum atomic E-state index is -1.12. The summed E-state index contributed by atoms with van der Waals surface area (Å²) in [7, 11) is 0. The summed E-state index contributed by atoms with van der Waals surface area (Å²) in [6.07, 6.45) is -0.453. The summed E-state index contributed by atoms with van der Waals surface area (Å²) in [5.41, 5.74) is 0.391. The van der Waals surface area contributed by atoms with Crippen LogP contribution in [-0.2, 0) is 4.74 Å². The molecule has 0 radical (unpaired) electrons. The molecule has 3 aromatic carbocycles. The molecule has 1 atom stereocenters. The Labute approximate surface area is 212 Å². The first-order chi connectivity index (χ1) is 17.7. The summed E-state index contributed by atoms with van der Waals surface area (Å²) in [5.74, 6) is -1.66. The number of aliphatic hydroxyl groups excluding tert-OH is 1. The zero-order chi connectivity index (χ0) is 26.2. The van der Waals surface area contributed by atoms with Crippen LogP contribution >= 0.6 is 0 Å². The number of amides is 1. The van der Waals surface area contributed by atoms with Crippen LogP contribution in [0.2, 0.25) is 0 Å². The smallest absolute Gasteiger partial charge is 0.414 e. The summed E-state index contributed by atoms with van der Waals surface area (Å²) in [5, 5.41) is 31.2. The Morgan fingerprint density at radius 3 is 2.43 bits per heavy atom. The Bertz CT molecular complexity index is 1340. The molecule has 2 aliphatic rings. The molecule has 5 rings (SSSR count). The standard InChI is InChI=1S/C27H27FN2O7/c28-23-13-21(30-14-22(15-31)37-26(30)34)5-6-24(23)36-16-27(35)7-9-29(10-8-27)20-4-3-17-11-19(25(32)33)2-1-18(17)12-20/h1-6,11-13,22,31,35H,7-10,14-16H2,(H,32,33)/t22-/m1/s1. The molecule has 37 heavy (non-hydrogen) atoms. The number of hydrogen-bond acceptors (Lipinski definition) is 7. The number of aromatic carboxylic acids is 1. The first-order valence-electron chi connectivity index (χ1n) is 12.0. The van der Waals surface area contributed by atoms with E-state index in [9.17, 15) is 29.3 Å². The van der Waals surface area contributed by atoms with Gasteiger partial charge in [-0.1, -0.05) is 12.1 Å². The maximum Gasteiger partial charge on any atom is 0.414 e. The Hall–Kier alpha value is -3.89.